The molecule has 7 nitrogen and oxygen atoms in total. The van der Waals surface area contributed by atoms with Gasteiger partial charge in [-0.2, -0.15) is 0 Å². The highest BCUT2D eigenvalue weighted by Gasteiger charge is 2.35. The summed E-state index contributed by atoms with van der Waals surface area (Å²) in [6.07, 6.45) is 0.142. The first-order valence-electron chi connectivity index (χ1n) is 13.3. The van der Waals surface area contributed by atoms with E-state index in [1.165, 1.54) is 11.9 Å². The minimum absolute atomic E-state index is 0.142. The van der Waals surface area contributed by atoms with Gasteiger partial charge in [0.1, 0.15) is 18.4 Å². The summed E-state index contributed by atoms with van der Waals surface area (Å²) < 4.78 is 42.5. The maximum Gasteiger partial charge on any atom is 0.264 e. The van der Waals surface area contributed by atoms with Crippen LogP contribution in [0.5, 0.6) is 0 Å². The predicted molar refractivity (Wildman–Crippen MR) is 167 cm³/mol. The van der Waals surface area contributed by atoms with Gasteiger partial charge in [0.25, 0.3) is 10.0 Å². The van der Waals surface area contributed by atoms with Crippen LogP contribution in [0.3, 0.4) is 0 Å². The molecule has 4 rings (SSSR count). The summed E-state index contributed by atoms with van der Waals surface area (Å²) in [6.45, 7) is 1.02. The number of hydrogen-bond acceptors (Lipinski definition) is 4. The van der Waals surface area contributed by atoms with Gasteiger partial charge in [-0.3, -0.25) is 13.9 Å². The smallest absolute Gasteiger partial charge is 0.264 e. The molecular weight excluding hydrogens is 612 g/mol. The van der Waals surface area contributed by atoms with Gasteiger partial charge < -0.3 is 10.2 Å². The van der Waals surface area contributed by atoms with Crippen molar-refractivity contribution in [1.29, 1.82) is 0 Å². The Kier molecular flexibility index (Phi) is 10.4. The molecule has 0 aliphatic carbocycles. The molecule has 0 heterocycles. The lowest BCUT2D eigenvalue weighted by Crippen LogP contribution is -2.53. The van der Waals surface area contributed by atoms with Crippen LogP contribution in [0, 0.1) is 12.7 Å². The van der Waals surface area contributed by atoms with Crippen LogP contribution in [0.25, 0.3) is 0 Å². The van der Waals surface area contributed by atoms with E-state index in [0.29, 0.717) is 5.56 Å². The van der Waals surface area contributed by atoms with Crippen molar-refractivity contribution in [2.75, 3.05) is 17.9 Å². The van der Waals surface area contributed by atoms with Crippen molar-refractivity contribution in [3.05, 3.63) is 130 Å². The van der Waals surface area contributed by atoms with Gasteiger partial charge in [0.15, 0.2) is 0 Å². The Morgan fingerprint density at radius 1 is 0.860 bits per heavy atom. The molecule has 4 aromatic rings. The molecule has 0 radical (unpaired) electrons. The number of likely N-dealkylation sites (N-methyl/N-ethyl adjacent to an activating group) is 1. The molecule has 11 heteroatoms. The number of benzene rings is 4. The number of rotatable bonds is 11. The van der Waals surface area contributed by atoms with Crippen LogP contribution in [0.15, 0.2) is 102 Å². The molecule has 0 spiro atoms. The summed E-state index contributed by atoms with van der Waals surface area (Å²) in [5, 5.41) is 3.20. The van der Waals surface area contributed by atoms with E-state index >= 15 is 0 Å². The summed E-state index contributed by atoms with van der Waals surface area (Å²) in [4.78, 5) is 28.7. The maximum absolute atomic E-state index is 14.3. The number of carbonyl (C=O) groups is 2. The molecule has 0 aliphatic rings. The molecule has 0 saturated heterocycles. The van der Waals surface area contributed by atoms with Crippen LogP contribution in [0.2, 0.25) is 10.0 Å². The minimum Gasteiger partial charge on any atom is -0.357 e. The molecule has 0 saturated carbocycles. The SMILES string of the molecule is CNC(=O)[C@@H](Cc1ccccc1)N(Cc1c(Cl)cccc1Cl)C(=O)CN(c1ccc(C)cc1)S(=O)(=O)c1ccc(F)cc1. The Bertz CT molecular complexity index is 1670. The number of carbonyl (C=O) groups excluding carboxylic acids is 2. The van der Waals surface area contributed by atoms with Crippen molar-refractivity contribution >= 4 is 50.7 Å². The monoisotopic (exact) mass is 641 g/mol. The van der Waals surface area contributed by atoms with Gasteiger partial charge >= 0.3 is 0 Å². The predicted octanol–water partition coefficient (Wildman–Crippen LogP) is 6.02. The Morgan fingerprint density at radius 2 is 1.47 bits per heavy atom. The Morgan fingerprint density at radius 3 is 2.05 bits per heavy atom. The molecule has 0 aromatic heterocycles. The molecular formula is C32H30Cl2FN3O4S. The normalized spacial score (nSPS) is 11.9. The average molecular weight is 643 g/mol. The van der Waals surface area contributed by atoms with Gasteiger partial charge in [-0.25, -0.2) is 12.8 Å². The van der Waals surface area contributed by atoms with Gasteiger partial charge in [-0.05, 0) is 61.0 Å². The summed E-state index contributed by atoms with van der Waals surface area (Å²) in [5.74, 6) is -1.73. The number of hydrogen-bond donors (Lipinski definition) is 1. The Labute approximate surface area is 260 Å². The molecule has 0 aliphatic heterocycles. The Balaban J connectivity index is 1.81. The van der Waals surface area contributed by atoms with Crippen LogP contribution in [-0.4, -0.2) is 44.8 Å². The van der Waals surface area contributed by atoms with Crippen molar-refractivity contribution < 1.29 is 22.4 Å². The fraction of sp³-hybridized carbons (Fsp3) is 0.188. The highest BCUT2D eigenvalue weighted by atomic mass is 35.5. The van der Waals surface area contributed by atoms with Gasteiger partial charge in [-0.1, -0.05) is 77.3 Å². The zero-order valence-electron chi connectivity index (χ0n) is 23.5. The molecule has 224 valence electrons. The molecule has 0 unspecified atom stereocenters. The lowest BCUT2D eigenvalue weighted by atomic mass is 10.0. The van der Waals surface area contributed by atoms with Crippen molar-refractivity contribution in [3.63, 3.8) is 0 Å². The topological polar surface area (TPSA) is 86.8 Å². The van der Waals surface area contributed by atoms with E-state index in [1.54, 1.807) is 42.5 Å². The first kappa shape index (κ1) is 32.0. The molecule has 1 N–H and O–H groups in total. The molecule has 43 heavy (non-hydrogen) atoms. The second-order valence-electron chi connectivity index (χ2n) is 9.84. The summed E-state index contributed by atoms with van der Waals surface area (Å²) in [6, 6.07) is 24.0. The van der Waals surface area contributed by atoms with Crippen molar-refractivity contribution in [2.24, 2.45) is 0 Å². The summed E-state index contributed by atoms with van der Waals surface area (Å²) in [5.41, 5.74) is 2.29. The van der Waals surface area contributed by atoms with E-state index in [1.807, 2.05) is 37.3 Å². The third-order valence-corrected chi connectivity index (χ3v) is 9.41. The van der Waals surface area contributed by atoms with Gasteiger partial charge in [0.05, 0.1) is 10.6 Å². The van der Waals surface area contributed by atoms with E-state index in [-0.39, 0.29) is 33.6 Å². The Hall–Kier alpha value is -3.92. The van der Waals surface area contributed by atoms with Crippen molar-refractivity contribution in [3.8, 4) is 0 Å². The van der Waals surface area contributed by atoms with Crippen molar-refractivity contribution in [1.82, 2.24) is 10.2 Å². The summed E-state index contributed by atoms with van der Waals surface area (Å²) >= 11 is 13.0. The number of halogens is 3. The van der Waals surface area contributed by atoms with E-state index in [9.17, 15) is 22.4 Å². The molecule has 0 fully saturated rings. The average Bonchev–Trinajstić information content (AvgIpc) is 2.99. The third-order valence-electron chi connectivity index (χ3n) is 6.91. The van der Waals surface area contributed by atoms with Crippen LogP contribution in [0.1, 0.15) is 16.7 Å². The number of anilines is 1. The highest BCUT2D eigenvalue weighted by Crippen LogP contribution is 2.29. The molecule has 4 aromatic carbocycles. The second kappa shape index (κ2) is 14.0. The fourth-order valence-corrected chi connectivity index (χ4v) is 6.48. The van der Waals surface area contributed by atoms with E-state index in [0.717, 1.165) is 39.7 Å². The lowest BCUT2D eigenvalue weighted by molar-refractivity contribution is -0.139. The largest absolute Gasteiger partial charge is 0.357 e. The first-order valence-corrected chi connectivity index (χ1v) is 15.5. The molecule has 1 atom stereocenters. The number of aryl methyl sites for hydroxylation is 1. The van der Waals surface area contributed by atoms with Crippen LogP contribution >= 0.6 is 23.2 Å². The quantitative estimate of drug-likeness (QED) is 0.217. The van der Waals surface area contributed by atoms with Crippen LogP contribution < -0.4 is 9.62 Å². The van der Waals surface area contributed by atoms with Gasteiger partial charge in [0, 0.05) is 35.6 Å². The fourth-order valence-electron chi connectivity index (χ4n) is 4.55. The van der Waals surface area contributed by atoms with Gasteiger partial charge in [-0.15, -0.1) is 0 Å². The first-order chi connectivity index (χ1) is 20.5. The van der Waals surface area contributed by atoms with E-state index in [4.69, 9.17) is 23.2 Å². The van der Waals surface area contributed by atoms with Crippen LogP contribution in [-0.2, 0) is 32.6 Å². The number of amides is 2. The second-order valence-corrected chi connectivity index (χ2v) is 12.5. The van der Waals surface area contributed by atoms with E-state index in [2.05, 4.69) is 5.32 Å². The lowest BCUT2D eigenvalue weighted by Gasteiger charge is -2.34. The standard InChI is InChI=1S/C32H30Cl2FN3O4S/c1-22-11-15-25(16-12-22)38(43(41,42)26-17-13-24(35)14-18-26)21-31(39)37(20-27-28(33)9-6-10-29(27)34)30(32(40)36-2)19-23-7-4-3-5-8-23/h3-18,30H,19-21H2,1-2H3,(H,36,40)/t30-/m1/s1. The molecule has 0 bridgehead atoms. The minimum atomic E-state index is -4.35. The zero-order valence-corrected chi connectivity index (χ0v) is 25.8. The molecule has 2 amide bonds. The van der Waals surface area contributed by atoms with Gasteiger partial charge in [0.2, 0.25) is 11.8 Å². The number of nitrogens with zero attached hydrogens (tertiary/aromatic N) is 2. The van der Waals surface area contributed by atoms with Crippen molar-refractivity contribution in [2.45, 2.75) is 30.8 Å². The zero-order chi connectivity index (χ0) is 31.1. The summed E-state index contributed by atoms with van der Waals surface area (Å²) in [7, 11) is -2.88. The van der Waals surface area contributed by atoms with Crippen LogP contribution in [0.4, 0.5) is 10.1 Å². The highest BCUT2D eigenvalue weighted by molar-refractivity contribution is 7.92. The van der Waals surface area contributed by atoms with E-state index < -0.39 is 40.2 Å². The maximum atomic E-state index is 14.3. The number of nitrogens with one attached hydrogen (secondary N) is 1. The number of sulfonamides is 1. The third kappa shape index (κ3) is 7.73.